The summed E-state index contributed by atoms with van der Waals surface area (Å²) in [6, 6.07) is 6.71. The number of esters is 1. The highest BCUT2D eigenvalue weighted by molar-refractivity contribution is 6.33. The molecule has 1 heterocycles. The Labute approximate surface area is 130 Å². The molecule has 0 radical (unpaired) electrons. The van der Waals surface area contributed by atoms with Crippen LogP contribution in [0.25, 0.3) is 5.69 Å². The van der Waals surface area contributed by atoms with Crippen molar-refractivity contribution in [1.82, 2.24) is 9.78 Å². The zero-order valence-corrected chi connectivity index (χ0v) is 12.5. The minimum atomic E-state index is -0.651. The third-order valence-corrected chi connectivity index (χ3v) is 3.21. The third kappa shape index (κ3) is 3.17. The Morgan fingerprint density at radius 3 is 2.67 bits per heavy atom. The Bertz CT molecular complexity index is 681. The van der Waals surface area contributed by atoms with Gasteiger partial charge in [0.25, 0.3) is 0 Å². The van der Waals surface area contributed by atoms with Crippen LogP contribution in [0.2, 0.25) is 10.2 Å². The van der Waals surface area contributed by atoms with Crippen LogP contribution in [0, 0.1) is 0 Å². The summed E-state index contributed by atoms with van der Waals surface area (Å²) >= 11 is 12.0. The third-order valence-electron chi connectivity index (χ3n) is 2.59. The van der Waals surface area contributed by atoms with Gasteiger partial charge in [0.15, 0.2) is 5.69 Å². The zero-order chi connectivity index (χ0) is 15.4. The van der Waals surface area contributed by atoms with E-state index in [2.05, 4.69) is 10.3 Å². The average molecular weight is 328 g/mol. The highest BCUT2D eigenvalue weighted by Gasteiger charge is 2.22. The van der Waals surface area contributed by atoms with Crippen LogP contribution < -0.4 is 0 Å². The number of nitrogens with zero attached hydrogens (tertiary/aromatic N) is 3. The Morgan fingerprint density at radius 1 is 1.43 bits per heavy atom. The molecule has 1 N–H and O–H groups in total. The highest BCUT2D eigenvalue weighted by atomic mass is 35.5. The second-order valence-electron chi connectivity index (χ2n) is 3.91. The van der Waals surface area contributed by atoms with Crippen molar-refractivity contribution in [2.75, 3.05) is 6.61 Å². The molecule has 0 atom stereocenters. The molecule has 2 rings (SSSR count). The zero-order valence-electron chi connectivity index (χ0n) is 11.0. The number of hydrogen-bond acceptors (Lipinski definition) is 5. The van der Waals surface area contributed by atoms with Crippen molar-refractivity contribution in [1.29, 1.82) is 0 Å². The Hall–Kier alpha value is -2.05. The molecule has 0 aliphatic rings. The largest absolute Gasteiger partial charge is 0.461 e. The van der Waals surface area contributed by atoms with E-state index in [1.807, 2.05) is 0 Å². The first-order valence-corrected chi connectivity index (χ1v) is 6.73. The van der Waals surface area contributed by atoms with Crippen molar-refractivity contribution < 1.29 is 14.7 Å². The predicted octanol–water partition coefficient (Wildman–Crippen LogP) is 3.16. The molecule has 0 bridgehead atoms. The predicted molar refractivity (Wildman–Crippen MR) is 78.9 cm³/mol. The van der Waals surface area contributed by atoms with Gasteiger partial charge in [-0.25, -0.2) is 9.48 Å². The van der Waals surface area contributed by atoms with Crippen LogP contribution in [-0.4, -0.2) is 33.8 Å². The molecule has 6 nitrogen and oxygen atoms in total. The van der Waals surface area contributed by atoms with Gasteiger partial charge in [0.1, 0.15) is 5.15 Å². The number of halogens is 2. The molecule has 0 saturated heterocycles. The summed E-state index contributed by atoms with van der Waals surface area (Å²) in [5.41, 5.74) is 0.745. The fraction of sp³-hybridized carbons (Fsp3) is 0.154. The molecular weight excluding hydrogens is 317 g/mol. The maximum absolute atomic E-state index is 11.9. The van der Waals surface area contributed by atoms with Crippen molar-refractivity contribution >= 4 is 35.4 Å². The number of oxime groups is 1. The number of carbonyl (C=O) groups is 1. The van der Waals surface area contributed by atoms with Gasteiger partial charge in [0.05, 0.1) is 24.1 Å². The van der Waals surface area contributed by atoms with E-state index in [4.69, 9.17) is 33.1 Å². The number of rotatable bonds is 4. The van der Waals surface area contributed by atoms with Crippen LogP contribution in [0.1, 0.15) is 23.0 Å². The van der Waals surface area contributed by atoms with Crippen molar-refractivity contribution in [3.8, 4) is 5.69 Å². The van der Waals surface area contributed by atoms with Crippen molar-refractivity contribution in [3.63, 3.8) is 0 Å². The van der Waals surface area contributed by atoms with Crippen molar-refractivity contribution in [2.24, 2.45) is 5.16 Å². The van der Waals surface area contributed by atoms with Gasteiger partial charge in [0.2, 0.25) is 0 Å². The maximum Gasteiger partial charge on any atom is 0.359 e. The maximum atomic E-state index is 11.9. The second kappa shape index (κ2) is 6.60. The fourth-order valence-corrected chi connectivity index (χ4v) is 2.08. The Morgan fingerprint density at radius 2 is 2.10 bits per heavy atom. The van der Waals surface area contributed by atoms with E-state index >= 15 is 0 Å². The van der Waals surface area contributed by atoms with Crippen molar-refractivity contribution in [3.05, 3.63) is 45.7 Å². The molecule has 0 saturated carbocycles. The van der Waals surface area contributed by atoms with Gasteiger partial charge in [-0.3, -0.25) is 0 Å². The molecule has 0 aliphatic carbocycles. The van der Waals surface area contributed by atoms with Crippen LogP contribution in [0.15, 0.2) is 29.4 Å². The monoisotopic (exact) mass is 327 g/mol. The van der Waals surface area contributed by atoms with Crippen LogP contribution in [0.5, 0.6) is 0 Å². The van der Waals surface area contributed by atoms with E-state index in [0.717, 1.165) is 6.21 Å². The lowest BCUT2D eigenvalue weighted by Gasteiger charge is -2.02. The molecule has 0 amide bonds. The van der Waals surface area contributed by atoms with Crippen LogP contribution >= 0.6 is 23.2 Å². The van der Waals surface area contributed by atoms with Gasteiger partial charge in [-0.1, -0.05) is 28.4 Å². The van der Waals surface area contributed by atoms with Gasteiger partial charge in [-0.15, -0.1) is 0 Å². The first-order valence-electron chi connectivity index (χ1n) is 5.97. The lowest BCUT2D eigenvalue weighted by atomic mass is 10.2. The van der Waals surface area contributed by atoms with E-state index in [0.29, 0.717) is 10.7 Å². The molecular formula is C13H11Cl2N3O3. The van der Waals surface area contributed by atoms with Gasteiger partial charge >= 0.3 is 5.97 Å². The average Bonchev–Trinajstić information content (AvgIpc) is 2.78. The second-order valence-corrected chi connectivity index (χ2v) is 4.70. The summed E-state index contributed by atoms with van der Waals surface area (Å²) < 4.78 is 6.23. The smallest absolute Gasteiger partial charge is 0.359 e. The van der Waals surface area contributed by atoms with Gasteiger partial charge in [0, 0.05) is 5.02 Å². The number of benzene rings is 1. The number of carbonyl (C=O) groups excluding carboxylic acids is 1. The molecule has 0 spiro atoms. The van der Waals surface area contributed by atoms with E-state index in [1.165, 1.54) is 4.68 Å². The first kappa shape index (κ1) is 15.3. The molecule has 2 aromatic rings. The topological polar surface area (TPSA) is 76.7 Å². The molecule has 1 aromatic carbocycles. The normalized spacial score (nSPS) is 11.0. The van der Waals surface area contributed by atoms with E-state index in [-0.39, 0.29) is 23.0 Å². The lowest BCUT2D eigenvalue weighted by Crippen LogP contribution is -2.08. The molecule has 0 fully saturated rings. The highest BCUT2D eigenvalue weighted by Crippen LogP contribution is 2.24. The molecule has 21 heavy (non-hydrogen) atoms. The quantitative estimate of drug-likeness (QED) is 0.405. The first-order chi connectivity index (χ1) is 10.1. The summed E-state index contributed by atoms with van der Waals surface area (Å²) in [6.45, 7) is 1.87. The number of aromatic nitrogens is 2. The minimum absolute atomic E-state index is 0.0328. The van der Waals surface area contributed by atoms with Gasteiger partial charge in [-0.05, 0) is 31.2 Å². The van der Waals surface area contributed by atoms with E-state index < -0.39 is 5.97 Å². The van der Waals surface area contributed by atoms with Crippen LogP contribution in [-0.2, 0) is 4.74 Å². The molecule has 1 aromatic heterocycles. The summed E-state index contributed by atoms with van der Waals surface area (Å²) in [5.74, 6) is -0.651. The Balaban J connectivity index is 2.55. The van der Waals surface area contributed by atoms with E-state index in [1.54, 1.807) is 31.2 Å². The molecule has 8 heteroatoms. The summed E-state index contributed by atoms with van der Waals surface area (Å²) in [4.78, 5) is 11.9. The SMILES string of the molecule is CCOC(=O)c1nn(-c2ccc(Cl)cc2)c(Cl)c1C=NO. The fourth-order valence-electron chi connectivity index (χ4n) is 1.69. The molecule has 110 valence electrons. The minimum Gasteiger partial charge on any atom is -0.461 e. The summed E-state index contributed by atoms with van der Waals surface area (Å²) in [6.07, 6.45) is 1.04. The number of ether oxygens (including phenoxy) is 1. The van der Waals surface area contributed by atoms with Crippen LogP contribution in [0.4, 0.5) is 0 Å². The lowest BCUT2D eigenvalue weighted by molar-refractivity contribution is 0.0519. The summed E-state index contributed by atoms with van der Waals surface area (Å²) in [5, 5.41) is 16.4. The van der Waals surface area contributed by atoms with Gasteiger partial charge in [-0.2, -0.15) is 5.10 Å². The molecule has 0 unspecified atom stereocenters. The van der Waals surface area contributed by atoms with E-state index in [9.17, 15) is 4.79 Å². The standard InChI is InChI=1S/C13H11Cl2N3O3/c1-2-21-13(19)11-10(7-16-20)12(15)18(17-11)9-5-3-8(14)4-6-9/h3-7,20H,2H2,1H3. The van der Waals surface area contributed by atoms with Crippen molar-refractivity contribution in [2.45, 2.75) is 6.92 Å². The van der Waals surface area contributed by atoms with Gasteiger partial charge < -0.3 is 9.94 Å². The summed E-state index contributed by atoms with van der Waals surface area (Å²) in [7, 11) is 0. The molecule has 0 aliphatic heterocycles. The number of hydrogen-bond donors (Lipinski definition) is 1. The Kier molecular flexibility index (Phi) is 4.82. The van der Waals surface area contributed by atoms with Crippen LogP contribution in [0.3, 0.4) is 0 Å².